The van der Waals surface area contributed by atoms with Gasteiger partial charge in [-0.25, -0.2) is 4.39 Å². The zero-order valence-corrected chi connectivity index (χ0v) is 12.9. The molecule has 0 bridgehead atoms. The normalized spacial score (nSPS) is 14.2. The van der Waals surface area contributed by atoms with Crippen molar-refractivity contribution in [3.05, 3.63) is 70.6 Å². The van der Waals surface area contributed by atoms with Crippen molar-refractivity contribution in [3.8, 4) is 0 Å². The van der Waals surface area contributed by atoms with Gasteiger partial charge in [-0.05, 0) is 51.8 Å². The zero-order valence-electron chi connectivity index (χ0n) is 11.3. The van der Waals surface area contributed by atoms with E-state index in [1.165, 1.54) is 17.2 Å². The molecule has 3 rings (SSSR count). The SMILES string of the molecule is ON1ON(c2ccc(F)c(Br)c2)C=C1NCc1ccncc1. The molecule has 114 valence electrons. The first-order valence-electron chi connectivity index (χ1n) is 6.39. The highest BCUT2D eigenvalue weighted by molar-refractivity contribution is 9.10. The molecule has 0 radical (unpaired) electrons. The molecule has 6 nitrogen and oxygen atoms in total. The molecule has 0 saturated heterocycles. The van der Waals surface area contributed by atoms with E-state index in [0.29, 0.717) is 27.8 Å². The van der Waals surface area contributed by atoms with E-state index in [1.54, 1.807) is 24.7 Å². The number of hydrogen-bond acceptors (Lipinski definition) is 6. The topological polar surface area (TPSA) is 60.9 Å². The molecule has 1 aromatic carbocycles. The summed E-state index contributed by atoms with van der Waals surface area (Å²) < 4.78 is 13.6. The fourth-order valence-electron chi connectivity index (χ4n) is 1.86. The fourth-order valence-corrected chi connectivity index (χ4v) is 2.23. The lowest BCUT2D eigenvalue weighted by atomic mass is 10.3. The molecule has 1 aromatic heterocycles. The molecule has 2 heterocycles. The molecule has 1 aliphatic heterocycles. The Balaban J connectivity index is 1.71. The number of hydrogen-bond donors (Lipinski definition) is 2. The second kappa shape index (κ2) is 6.30. The van der Waals surface area contributed by atoms with Crippen LogP contribution in [-0.2, 0) is 11.5 Å². The Kier molecular flexibility index (Phi) is 4.23. The van der Waals surface area contributed by atoms with Crippen LogP contribution in [0.4, 0.5) is 10.1 Å². The second-order valence-corrected chi connectivity index (χ2v) is 5.36. The van der Waals surface area contributed by atoms with Crippen LogP contribution in [0.1, 0.15) is 5.56 Å². The Labute approximate surface area is 134 Å². The Hall–Kier alpha value is -2.16. The largest absolute Gasteiger partial charge is 0.362 e. The number of pyridine rings is 1. The molecule has 2 aromatic rings. The molecule has 0 atom stereocenters. The Morgan fingerprint density at radius 1 is 1.27 bits per heavy atom. The van der Waals surface area contributed by atoms with Crippen molar-refractivity contribution in [2.24, 2.45) is 0 Å². The summed E-state index contributed by atoms with van der Waals surface area (Å²) >= 11 is 3.11. The monoisotopic (exact) mass is 366 g/mol. The maximum Gasteiger partial charge on any atom is 0.179 e. The van der Waals surface area contributed by atoms with Crippen molar-refractivity contribution in [2.75, 3.05) is 5.06 Å². The number of nitrogens with one attached hydrogen (secondary N) is 1. The van der Waals surface area contributed by atoms with Gasteiger partial charge in [0.15, 0.2) is 5.82 Å². The van der Waals surface area contributed by atoms with E-state index in [9.17, 15) is 9.60 Å². The minimum atomic E-state index is -0.371. The van der Waals surface area contributed by atoms with Crippen LogP contribution in [0.3, 0.4) is 0 Å². The van der Waals surface area contributed by atoms with Gasteiger partial charge in [0.2, 0.25) is 0 Å². The standard InChI is InChI=1S/C14H12BrFN4O2/c15-12-7-11(1-2-13(12)16)19-9-14(20(21)22-19)18-8-10-3-5-17-6-4-10/h1-7,9,18,21H,8H2. The van der Waals surface area contributed by atoms with E-state index < -0.39 is 0 Å². The number of rotatable bonds is 4. The molecule has 2 N–H and O–H groups in total. The predicted octanol–water partition coefficient (Wildman–Crippen LogP) is 2.93. The molecule has 1 aliphatic rings. The highest BCUT2D eigenvalue weighted by atomic mass is 79.9. The van der Waals surface area contributed by atoms with Crippen LogP contribution in [-0.4, -0.2) is 15.4 Å². The molecule has 8 heteroatoms. The minimum Gasteiger partial charge on any atom is -0.362 e. The van der Waals surface area contributed by atoms with Gasteiger partial charge in [-0.1, -0.05) is 5.23 Å². The summed E-state index contributed by atoms with van der Waals surface area (Å²) in [6, 6.07) is 8.11. The number of halogens is 2. The van der Waals surface area contributed by atoms with Gasteiger partial charge < -0.3 is 5.32 Å². The molecule has 0 fully saturated rings. The number of aromatic nitrogens is 1. The lowest BCUT2D eigenvalue weighted by Crippen LogP contribution is -2.26. The summed E-state index contributed by atoms with van der Waals surface area (Å²) in [6.45, 7) is 0.496. The number of nitrogens with zero attached hydrogens (tertiary/aromatic N) is 3. The van der Waals surface area contributed by atoms with Crippen LogP contribution in [0.25, 0.3) is 0 Å². The average Bonchev–Trinajstić information content (AvgIpc) is 2.90. The summed E-state index contributed by atoms with van der Waals surface area (Å²) in [4.78, 5) is 9.09. The maximum absolute atomic E-state index is 13.2. The first-order valence-corrected chi connectivity index (χ1v) is 7.19. The highest BCUT2D eigenvalue weighted by Crippen LogP contribution is 2.27. The predicted molar refractivity (Wildman–Crippen MR) is 80.4 cm³/mol. The minimum absolute atomic E-state index is 0.310. The van der Waals surface area contributed by atoms with Crippen molar-refractivity contribution in [1.29, 1.82) is 0 Å². The fraction of sp³-hybridized carbons (Fsp3) is 0.0714. The van der Waals surface area contributed by atoms with Gasteiger partial charge in [-0.2, -0.15) is 5.06 Å². The summed E-state index contributed by atoms with van der Waals surface area (Å²) in [5.41, 5.74) is 1.57. The van der Waals surface area contributed by atoms with E-state index >= 15 is 0 Å². The lowest BCUT2D eigenvalue weighted by molar-refractivity contribution is -0.306. The smallest absolute Gasteiger partial charge is 0.179 e. The highest BCUT2D eigenvalue weighted by Gasteiger charge is 2.23. The quantitative estimate of drug-likeness (QED) is 0.867. The van der Waals surface area contributed by atoms with E-state index in [2.05, 4.69) is 26.2 Å². The summed E-state index contributed by atoms with van der Waals surface area (Å²) in [6.07, 6.45) is 4.94. The van der Waals surface area contributed by atoms with E-state index in [1.807, 2.05) is 12.1 Å². The van der Waals surface area contributed by atoms with Crippen molar-refractivity contribution in [1.82, 2.24) is 15.5 Å². The van der Waals surface area contributed by atoms with Gasteiger partial charge in [-0.3, -0.25) is 10.2 Å². The first-order chi connectivity index (χ1) is 10.6. The van der Waals surface area contributed by atoms with Gasteiger partial charge in [0.05, 0.1) is 16.4 Å². The summed E-state index contributed by atoms with van der Waals surface area (Å²) in [5.74, 6) is -0.0129. The molecule has 0 unspecified atom stereocenters. The van der Waals surface area contributed by atoms with Gasteiger partial charge in [0.1, 0.15) is 5.82 Å². The van der Waals surface area contributed by atoms with Gasteiger partial charge in [0, 0.05) is 18.9 Å². The molecular formula is C14H12BrFN4O2. The molecule has 0 spiro atoms. The number of hydroxylamine groups is 3. The third kappa shape index (κ3) is 3.19. The number of anilines is 1. The van der Waals surface area contributed by atoms with Crippen LogP contribution in [0.15, 0.2) is 59.2 Å². The number of benzene rings is 1. The van der Waals surface area contributed by atoms with Crippen molar-refractivity contribution >= 4 is 21.6 Å². The summed E-state index contributed by atoms with van der Waals surface area (Å²) in [7, 11) is 0. The van der Waals surface area contributed by atoms with Crippen LogP contribution in [0, 0.1) is 5.82 Å². The third-order valence-electron chi connectivity index (χ3n) is 2.99. The van der Waals surface area contributed by atoms with Gasteiger partial charge in [-0.15, -0.1) is 4.94 Å². The average molecular weight is 367 g/mol. The van der Waals surface area contributed by atoms with Crippen molar-refractivity contribution in [2.45, 2.75) is 6.54 Å². The van der Waals surface area contributed by atoms with Crippen molar-refractivity contribution in [3.63, 3.8) is 0 Å². The van der Waals surface area contributed by atoms with E-state index in [4.69, 9.17) is 4.94 Å². The Morgan fingerprint density at radius 2 is 2.05 bits per heavy atom. The summed E-state index contributed by atoms with van der Waals surface area (Å²) in [5, 5.41) is 14.7. The third-order valence-corrected chi connectivity index (χ3v) is 3.60. The first kappa shape index (κ1) is 14.8. The van der Waals surface area contributed by atoms with E-state index in [-0.39, 0.29) is 5.82 Å². The maximum atomic E-state index is 13.2. The lowest BCUT2D eigenvalue weighted by Gasteiger charge is -2.16. The molecule has 0 saturated carbocycles. The van der Waals surface area contributed by atoms with Crippen LogP contribution in [0.5, 0.6) is 0 Å². The molecular weight excluding hydrogens is 355 g/mol. The van der Waals surface area contributed by atoms with Crippen molar-refractivity contribution < 1.29 is 14.5 Å². The van der Waals surface area contributed by atoms with Crippen LogP contribution >= 0.6 is 15.9 Å². The zero-order chi connectivity index (χ0) is 15.5. The van der Waals surface area contributed by atoms with Crippen LogP contribution in [0.2, 0.25) is 0 Å². The van der Waals surface area contributed by atoms with E-state index in [0.717, 1.165) is 5.56 Å². The molecule has 0 amide bonds. The Morgan fingerprint density at radius 3 is 2.77 bits per heavy atom. The molecule has 22 heavy (non-hydrogen) atoms. The Bertz CT molecular complexity index is 698. The molecule has 0 aliphatic carbocycles. The van der Waals surface area contributed by atoms with Gasteiger partial charge in [0.25, 0.3) is 0 Å². The van der Waals surface area contributed by atoms with Gasteiger partial charge >= 0.3 is 0 Å². The van der Waals surface area contributed by atoms with Crippen LogP contribution < -0.4 is 10.4 Å². The second-order valence-electron chi connectivity index (χ2n) is 4.50.